The predicted octanol–water partition coefficient (Wildman–Crippen LogP) is 2.28. The first-order chi connectivity index (χ1) is 8.33. The van der Waals surface area contributed by atoms with Crippen LogP contribution in [0, 0.1) is 5.92 Å². The Balaban J connectivity index is 1.98. The molecule has 0 saturated heterocycles. The van der Waals surface area contributed by atoms with Crippen LogP contribution in [-0.2, 0) is 6.54 Å². The van der Waals surface area contributed by atoms with Crippen LogP contribution in [0.2, 0.25) is 0 Å². The molecule has 2 rings (SSSR count). The number of hydrogen-bond acceptors (Lipinski definition) is 4. The number of nitrogens with two attached hydrogens (primary N) is 1. The molecule has 17 heavy (non-hydrogen) atoms. The Morgan fingerprint density at radius 1 is 1.29 bits per heavy atom. The van der Waals surface area contributed by atoms with Crippen LogP contribution < -0.4 is 10.5 Å². The van der Waals surface area contributed by atoms with Gasteiger partial charge in [-0.05, 0) is 31.6 Å². The van der Waals surface area contributed by atoms with Crippen molar-refractivity contribution < 1.29 is 4.74 Å². The Bertz CT molecular complexity index is 339. The van der Waals surface area contributed by atoms with E-state index in [-0.39, 0.29) is 0 Å². The molecule has 0 spiro atoms. The fourth-order valence-corrected chi connectivity index (χ4v) is 2.46. The number of ether oxygens (including phenoxy) is 1. The van der Waals surface area contributed by atoms with Gasteiger partial charge in [-0.25, -0.2) is 4.98 Å². The summed E-state index contributed by atoms with van der Waals surface area (Å²) in [6.45, 7) is 2.66. The van der Waals surface area contributed by atoms with E-state index >= 15 is 0 Å². The molecule has 94 valence electrons. The smallest absolute Gasteiger partial charge is 0.232 e. The third-order valence-corrected chi connectivity index (χ3v) is 3.53. The van der Waals surface area contributed by atoms with Gasteiger partial charge in [0.05, 0.1) is 18.1 Å². The first kappa shape index (κ1) is 12.3. The summed E-state index contributed by atoms with van der Waals surface area (Å²) in [5.74, 6) is 1.30. The second-order valence-corrected chi connectivity index (χ2v) is 4.66. The second-order valence-electron chi connectivity index (χ2n) is 4.66. The van der Waals surface area contributed by atoms with Crippen molar-refractivity contribution in [1.29, 1.82) is 0 Å². The normalized spacial score (nSPS) is 24.6. The highest BCUT2D eigenvalue weighted by molar-refractivity contribution is 5.07. The maximum Gasteiger partial charge on any atom is 0.232 e. The van der Waals surface area contributed by atoms with Gasteiger partial charge in [-0.3, -0.25) is 4.98 Å². The molecule has 0 aliphatic heterocycles. The Kier molecular flexibility index (Phi) is 4.31. The van der Waals surface area contributed by atoms with Crippen molar-refractivity contribution in [3.05, 3.63) is 18.1 Å². The molecule has 0 aromatic carbocycles. The molecule has 1 aromatic rings. The molecule has 1 aliphatic carbocycles. The third kappa shape index (κ3) is 3.16. The minimum Gasteiger partial charge on any atom is -0.473 e. The van der Waals surface area contributed by atoms with Gasteiger partial charge in [0, 0.05) is 6.54 Å². The van der Waals surface area contributed by atoms with Gasteiger partial charge in [0.15, 0.2) is 0 Å². The van der Waals surface area contributed by atoms with E-state index in [1.807, 2.05) is 0 Å². The highest BCUT2D eigenvalue weighted by Crippen LogP contribution is 2.29. The first-order valence-corrected chi connectivity index (χ1v) is 6.51. The molecule has 1 aromatic heterocycles. The highest BCUT2D eigenvalue weighted by Gasteiger charge is 2.25. The summed E-state index contributed by atoms with van der Waals surface area (Å²) < 4.78 is 5.94. The van der Waals surface area contributed by atoms with Gasteiger partial charge < -0.3 is 10.5 Å². The van der Waals surface area contributed by atoms with Crippen molar-refractivity contribution in [3.8, 4) is 5.88 Å². The molecule has 0 amide bonds. The standard InChI is InChI=1S/C13H21N3O/c1-2-10-5-3-4-6-12(10)17-13-9-15-11(7-14)8-16-13/h8-10,12H,2-7,14H2,1H3. The van der Waals surface area contributed by atoms with Crippen molar-refractivity contribution in [2.24, 2.45) is 11.7 Å². The van der Waals surface area contributed by atoms with E-state index in [4.69, 9.17) is 10.5 Å². The van der Waals surface area contributed by atoms with Gasteiger partial charge in [-0.1, -0.05) is 13.3 Å². The van der Waals surface area contributed by atoms with Gasteiger partial charge in [-0.2, -0.15) is 0 Å². The van der Waals surface area contributed by atoms with Crippen LogP contribution in [0.5, 0.6) is 5.88 Å². The minimum atomic E-state index is 0.312. The number of aromatic nitrogens is 2. The Hall–Kier alpha value is -1.16. The van der Waals surface area contributed by atoms with Crippen LogP contribution in [0.3, 0.4) is 0 Å². The van der Waals surface area contributed by atoms with Crippen LogP contribution >= 0.6 is 0 Å². The van der Waals surface area contributed by atoms with Crippen LogP contribution in [0.25, 0.3) is 0 Å². The monoisotopic (exact) mass is 235 g/mol. The lowest BCUT2D eigenvalue weighted by atomic mass is 9.85. The molecule has 0 bridgehead atoms. The zero-order chi connectivity index (χ0) is 12.1. The van der Waals surface area contributed by atoms with Crippen LogP contribution in [0.1, 0.15) is 44.7 Å². The summed E-state index contributed by atoms with van der Waals surface area (Å²) in [7, 11) is 0. The van der Waals surface area contributed by atoms with Gasteiger partial charge in [0.25, 0.3) is 0 Å². The molecule has 1 saturated carbocycles. The third-order valence-electron chi connectivity index (χ3n) is 3.53. The Morgan fingerprint density at radius 3 is 2.76 bits per heavy atom. The average molecular weight is 235 g/mol. The zero-order valence-electron chi connectivity index (χ0n) is 10.4. The summed E-state index contributed by atoms with van der Waals surface area (Å²) in [6, 6.07) is 0. The van der Waals surface area contributed by atoms with Gasteiger partial charge >= 0.3 is 0 Å². The molecular formula is C13H21N3O. The maximum atomic E-state index is 5.94. The molecule has 4 heteroatoms. The largest absolute Gasteiger partial charge is 0.473 e. The van der Waals surface area contributed by atoms with Crippen LogP contribution in [0.4, 0.5) is 0 Å². The Morgan fingerprint density at radius 2 is 2.12 bits per heavy atom. The van der Waals surface area contributed by atoms with Crippen molar-refractivity contribution in [2.75, 3.05) is 0 Å². The lowest BCUT2D eigenvalue weighted by Gasteiger charge is -2.30. The summed E-state index contributed by atoms with van der Waals surface area (Å²) in [6.07, 6.45) is 9.87. The molecule has 1 heterocycles. The fraction of sp³-hybridized carbons (Fsp3) is 0.692. The quantitative estimate of drug-likeness (QED) is 0.869. The summed E-state index contributed by atoms with van der Waals surface area (Å²) in [5.41, 5.74) is 6.28. The average Bonchev–Trinajstić information content (AvgIpc) is 2.40. The topological polar surface area (TPSA) is 61.0 Å². The summed E-state index contributed by atoms with van der Waals surface area (Å²) in [4.78, 5) is 8.45. The molecule has 4 nitrogen and oxygen atoms in total. The summed E-state index contributed by atoms with van der Waals surface area (Å²) in [5, 5.41) is 0. The van der Waals surface area contributed by atoms with Crippen molar-refractivity contribution >= 4 is 0 Å². The highest BCUT2D eigenvalue weighted by atomic mass is 16.5. The molecule has 0 radical (unpaired) electrons. The summed E-state index contributed by atoms with van der Waals surface area (Å²) >= 11 is 0. The van der Waals surface area contributed by atoms with Gasteiger partial charge in [0.1, 0.15) is 6.10 Å². The molecular weight excluding hydrogens is 214 g/mol. The van der Waals surface area contributed by atoms with Crippen molar-refractivity contribution in [2.45, 2.75) is 51.7 Å². The van der Waals surface area contributed by atoms with E-state index < -0.39 is 0 Å². The lowest BCUT2D eigenvalue weighted by molar-refractivity contribution is 0.0853. The molecule has 2 atom stereocenters. The van der Waals surface area contributed by atoms with E-state index in [0.29, 0.717) is 24.4 Å². The van der Waals surface area contributed by atoms with Gasteiger partial charge in [-0.15, -0.1) is 0 Å². The SMILES string of the molecule is CCC1CCCCC1Oc1cnc(CN)cn1. The predicted molar refractivity (Wildman–Crippen MR) is 66.6 cm³/mol. The van der Waals surface area contributed by atoms with E-state index in [1.54, 1.807) is 12.4 Å². The van der Waals surface area contributed by atoms with E-state index in [9.17, 15) is 0 Å². The molecule has 2 unspecified atom stereocenters. The molecule has 2 N–H and O–H groups in total. The maximum absolute atomic E-state index is 5.94. The van der Waals surface area contributed by atoms with E-state index in [1.165, 1.54) is 25.7 Å². The van der Waals surface area contributed by atoms with E-state index in [2.05, 4.69) is 16.9 Å². The number of hydrogen-bond donors (Lipinski definition) is 1. The second kappa shape index (κ2) is 5.96. The van der Waals surface area contributed by atoms with E-state index in [0.717, 1.165) is 12.1 Å². The molecule has 1 aliphatic rings. The molecule has 1 fully saturated rings. The van der Waals surface area contributed by atoms with Crippen LogP contribution in [-0.4, -0.2) is 16.1 Å². The number of rotatable bonds is 4. The lowest BCUT2D eigenvalue weighted by Crippen LogP contribution is -2.30. The zero-order valence-corrected chi connectivity index (χ0v) is 10.4. The van der Waals surface area contributed by atoms with Crippen LogP contribution in [0.15, 0.2) is 12.4 Å². The first-order valence-electron chi connectivity index (χ1n) is 6.51. The Labute approximate surface area is 103 Å². The van der Waals surface area contributed by atoms with Crippen molar-refractivity contribution in [3.63, 3.8) is 0 Å². The fourth-order valence-electron chi connectivity index (χ4n) is 2.46. The number of nitrogens with zero attached hydrogens (tertiary/aromatic N) is 2. The van der Waals surface area contributed by atoms with Crippen molar-refractivity contribution in [1.82, 2.24) is 9.97 Å². The minimum absolute atomic E-state index is 0.312. The van der Waals surface area contributed by atoms with Gasteiger partial charge in [0.2, 0.25) is 5.88 Å².